The summed E-state index contributed by atoms with van der Waals surface area (Å²) in [6, 6.07) is 8.51. The summed E-state index contributed by atoms with van der Waals surface area (Å²) in [4.78, 5) is 12.4. The fraction of sp³-hybridized carbons (Fsp3) is 0.650. The first-order valence-corrected chi connectivity index (χ1v) is 11.0. The van der Waals surface area contributed by atoms with E-state index in [1.54, 1.807) is 30.3 Å². The highest BCUT2D eigenvalue weighted by atomic mass is 32.2. The smallest absolute Gasteiger partial charge is 0.221 e. The summed E-state index contributed by atoms with van der Waals surface area (Å²) in [5, 5.41) is 3.03. The van der Waals surface area contributed by atoms with Crippen LogP contribution in [0.15, 0.2) is 35.2 Å². The lowest BCUT2D eigenvalue weighted by Gasteiger charge is -2.39. The second-order valence-electron chi connectivity index (χ2n) is 7.84. The maximum Gasteiger partial charge on any atom is 0.221 e. The Morgan fingerprint density at radius 3 is 2.28 bits per heavy atom. The van der Waals surface area contributed by atoms with Crippen LogP contribution in [0.3, 0.4) is 0 Å². The van der Waals surface area contributed by atoms with Crippen LogP contribution in [-0.4, -0.2) is 26.1 Å². The van der Waals surface area contributed by atoms with Crippen molar-refractivity contribution in [3.05, 3.63) is 30.3 Å². The molecule has 1 aliphatic rings. The van der Waals surface area contributed by atoms with Crippen LogP contribution in [0.25, 0.3) is 0 Å². The average Bonchev–Trinajstić information content (AvgIpc) is 2.61. The molecule has 0 spiro atoms. The van der Waals surface area contributed by atoms with E-state index in [9.17, 15) is 13.2 Å². The van der Waals surface area contributed by atoms with Crippen LogP contribution < -0.4 is 5.32 Å². The summed E-state index contributed by atoms with van der Waals surface area (Å²) < 4.78 is 24.5. The fourth-order valence-electron chi connectivity index (χ4n) is 3.58. The molecule has 4 nitrogen and oxygen atoms in total. The highest BCUT2D eigenvalue weighted by Crippen LogP contribution is 2.40. The van der Waals surface area contributed by atoms with Gasteiger partial charge in [0.15, 0.2) is 9.84 Å². The average molecular weight is 366 g/mol. The second kappa shape index (κ2) is 8.35. The van der Waals surface area contributed by atoms with Crippen LogP contribution >= 0.6 is 0 Å². The molecule has 1 aromatic rings. The quantitative estimate of drug-likeness (QED) is 0.795. The summed E-state index contributed by atoms with van der Waals surface area (Å²) in [5.74, 6) is 0.419. The highest BCUT2D eigenvalue weighted by molar-refractivity contribution is 7.91. The summed E-state index contributed by atoms with van der Waals surface area (Å²) >= 11 is 0. The zero-order chi connectivity index (χ0) is 18.5. The van der Waals surface area contributed by atoms with Crippen LogP contribution in [0.2, 0.25) is 0 Å². The molecule has 1 aromatic carbocycles. The van der Waals surface area contributed by atoms with Gasteiger partial charge in [-0.2, -0.15) is 0 Å². The van der Waals surface area contributed by atoms with Gasteiger partial charge in [-0.1, -0.05) is 45.4 Å². The number of hydrogen-bond donors (Lipinski definition) is 1. The Bertz CT molecular complexity index is 659. The first-order valence-electron chi connectivity index (χ1n) is 9.32. The Labute approximate surface area is 152 Å². The number of nitrogens with one attached hydrogen (secondary N) is 1. The van der Waals surface area contributed by atoms with Crippen molar-refractivity contribution in [2.75, 3.05) is 5.75 Å². The molecule has 5 heteroatoms. The number of hydrogen-bond acceptors (Lipinski definition) is 3. The molecule has 25 heavy (non-hydrogen) atoms. The van der Waals surface area contributed by atoms with E-state index in [-0.39, 0.29) is 29.0 Å². The van der Waals surface area contributed by atoms with Gasteiger partial charge in [0.1, 0.15) is 0 Å². The Hall–Kier alpha value is -1.36. The predicted octanol–water partition coefficient (Wildman–Crippen LogP) is 3.96. The summed E-state index contributed by atoms with van der Waals surface area (Å²) in [6.45, 7) is 6.89. The molecule has 0 saturated heterocycles. The van der Waals surface area contributed by atoms with Crippen LogP contribution in [-0.2, 0) is 14.6 Å². The molecule has 1 aliphatic carbocycles. The van der Waals surface area contributed by atoms with Crippen molar-refractivity contribution >= 4 is 15.7 Å². The number of rotatable bonds is 7. The topological polar surface area (TPSA) is 63.2 Å². The Morgan fingerprint density at radius 2 is 1.72 bits per heavy atom. The van der Waals surface area contributed by atoms with E-state index in [2.05, 4.69) is 26.1 Å². The van der Waals surface area contributed by atoms with Gasteiger partial charge in [0.2, 0.25) is 5.91 Å². The van der Waals surface area contributed by atoms with Crippen LogP contribution in [0, 0.1) is 11.3 Å². The van der Waals surface area contributed by atoms with Crippen molar-refractivity contribution in [3.63, 3.8) is 0 Å². The van der Waals surface area contributed by atoms with Crippen molar-refractivity contribution in [1.29, 1.82) is 0 Å². The molecule has 140 valence electrons. The molecular formula is C20H31NO3S. The van der Waals surface area contributed by atoms with E-state index in [0.717, 1.165) is 25.7 Å². The van der Waals surface area contributed by atoms with E-state index in [1.807, 2.05) is 0 Å². The minimum Gasteiger partial charge on any atom is -0.353 e. The molecule has 1 saturated carbocycles. The molecule has 0 unspecified atom stereocenters. The molecule has 0 aromatic heterocycles. The Morgan fingerprint density at radius 1 is 1.12 bits per heavy atom. The minimum atomic E-state index is -3.39. The lowest BCUT2D eigenvalue weighted by molar-refractivity contribution is -0.121. The molecule has 2 rings (SSSR count). The van der Waals surface area contributed by atoms with E-state index >= 15 is 0 Å². The second-order valence-corrected chi connectivity index (χ2v) is 9.95. The van der Waals surface area contributed by atoms with Gasteiger partial charge in [0.05, 0.1) is 10.6 Å². The van der Waals surface area contributed by atoms with Gasteiger partial charge in [-0.25, -0.2) is 8.42 Å². The van der Waals surface area contributed by atoms with E-state index in [4.69, 9.17) is 0 Å². The number of benzene rings is 1. The maximum absolute atomic E-state index is 12.2. The van der Waals surface area contributed by atoms with Gasteiger partial charge < -0.3 is 5.32 Å². The summed E-state index contributed by atoms with van der Waals surface area (Å²) in [7, 11) is -3.39. The summed E-state index contributed by atoms with van der Waals surface area (Å²) in [6.07, 6.45) is 5.45. The van der Waals surface area contributed by atoms with Gasteiger partial charge in [-0.3, -0.25) is 4.79 Å². The summed E-state index contributed by atoms with van der Waals surface area (Å²) in [5.41, 5.74) is 0.360. The largest absolute Gasteiger partial charge is 0.353 e. The molecule has 1 N–H and O–H groups in total. The molecule has 1 amide bonds. The van der Waals surface area contributed by atoms with E-state index < -0.39 is 9.84 Å². The molecule has 0 bridgehead atoms. The molecule has 0 aliphatic heterocycles. The SMILES string of the molecule is CCC(C)(C)C1CCC(NC(=O)CCS(=O)(=O)c2ccccc2)CC1. The molecule has 0 radical (unpaired) electrons. The maximum atomic E-state index is 12.2. The van der Waals surface area contributed by atoms with Crippen molar-refractivity contribution in [2.24, 2.45) is 11.3 Å². The standard InChI is InChI=1S/C20H31NO3S/c1-4-20(2,3)16-10-12-17(13-11-16)21-19(22)14-15-25(23,24)18-8-6-5-7-9-18/h5-9,16-17H,4,10-15H2,1-3H3,(H,21,22). The third-order valence-corrected chi connectivity index (χ3v) is 7.54. The van der Waals surface area contributed by atoms with E-state index in [0.29, 0.717) is 11.3 Å². The third-order valence-electron chi connectivity index (χ3n) is 5.81. The highest BCUT2D eigenvalue weighted by Gasteiger charge is 2.32. The molecule has 0 heterocycles. The van der Waals surface area contributed by atoms with Gasteiger partial charge in [0.25, 0.3) is 0 Å². The third kappa shape index (κ3) is 5.56. The molecular weight excluding hydrogens is 334 g/mol. The van der Waals surface area contributed by atoms with E-state index in [1.165, 1.54) is 6.42 Å². The minimum absolute atomic E-state index is 0.0254. The van der Waals surface area contributed by atoms with Gasteiger partial charge in [0, 0.05) is 12.5 Å². The van der Waals surface area contributed by atoms with Crippen molar-refractivity contribution in [1.82, 2.24) is 5.32 Å². The van der Waals surface area contributed by atoms with Crippen molar-refractivity contribution < 1.29 is 13.2 Å². The first-order chi connectivity index (χ1) is 11.7. The zero-order valence-electron chi connectivity index (χ0n) is 15.6. The zero-order valence-corrected chi connectivity index (χ0v) is 16.4. The predicted molar refractivity (Wildman–Crippen MR) is 101 cm³/mol. The lowest BCUT2D eigenvalue weighted by Crippen LogP contribution is -2.40. The molecule has 1 fully saturated rings. The molecule has 0 atom stereocenters. The monoisotopic (exact) mass is 365 g/mol. The van der Waals surface area contributed by atoms with Crippen molar-refractivity contribution in [2.45, 2.75) is 70.2 Å². The van der Waals surface area contributed by atoms with Gasteiger partial charge in [-0.05, 0) is 49.1 Å². The Kier molecular flexibility index (Phi) is 6.66. The van der Waals surface area contributed by atoms with Crippen molar-refractivity contribution in [3.8, 4) is 0 Å². The number of carbonyl (C=O) groups excluding carboxylic acids is 1. The fourth-order valence-corrected chi connectivity index (χ4v) is 4.84. The first kappa shape index (κ1) is 20.0. The van der Waals surface area contributed by atoms with Gasteiger partial charge in [-0.15, -0.1) is 0 Å². The van der Waals surface area contributed by atoms with Crippen LogP contribution in [0.4, 0.5) is 0 Å². The lowest BCUT2D eigenvalue weighted by atomic mass is 9.69. The number of carbonyl (C=O) groups is 1. The number of amides is 1. The number of sulfone groups is 1. The Balaban J connectivity index is 1.78. The van der Waals surface area contributed by atoms with Crippen LogP contribution in [0.1, 0.15) is 59.3 Å². The van der Waals surface area contributed by atoms with Gasteiger partial charge >= 0.3 is 0 Å². The normalized spacial score (nSPS) is 21.7. The van der Waals surface area contributed by atoms with Crippen LogP contribution in [0.5, 0.6) is 0 Å².